The third kappa shape index (κ3) is 3.54. The zero-order chi connectivity index (χ0) is 17.2. The molecule has 0 saturated carbocycles. The van der Waals surface area contributed by atoms with Gasteiger partial charge in [-0.05, 0) is 31.9 Å². The predicted molar refractivity (Wildman–Crippen MR) is 85.6 cm³/mol. The molecule has 0 spiro atoms. The second-order valence-electron chi connectivity index (χ2n) is 5.69. The van der Waals surface area contributed by atoms with Crippen LogP contribution in [-0.2, 0) is 10.0 Å². The molecule has 0 amide bonds. The van der Waals surface area contributed by atoms with Crippen LogP contribution in [0.25, 0.3) is 0 Å². The first-order valence-electron chi connectivity index (χ1n) is 7.66. The Hall–Kier alpha value is -2.06. The Balaban J connectivity index is 1.65. The number of ether oxygens (including phenoxy) is 1. The second-order valence-corrected chi connectivity index (χ2v) is 7.62. The van der Waals surface area contributed by atoms with Gasteiger partial charge < -0.3 is 4.74 Å². The normalized spacial score (nSPS) is 16.9. The first kappa shape index (κ1) is 16.8. The molecule has 8 heteroatoms. The quantitative estimate of drug-likeness (QED) is 0.844. The van der Waals surface area contributed by atoms with Gasteiger partial charge in [0.1, 0.15) is 16.8 Å². The lowest BCUT2D eigenvalue weighted by Gasteiger charge is -2.31. The molecule has 0 bridgehead atoms. The highest BCUT2D eigenvalue weighted by Crippen LogP contribution is 2.24. The van der Waals surface area contributed by atoms with Gasteiger partial charge in [0, 0.05) is 31.0 Å². The molecule has 24 heavy (non-hydrogen) atoms. The topological polar surface area (TPSA) is 72.4 Å². The Bertz CT molecular complexity index is 821. The number of halogens is 1. The standard InChI is InChI=1S/C16H18FN3O3S/c1-12-3-2-6-19-16(12)23-14-4-7-20(8-5-14)24(21,22)15-9-13(17)10-18-11-15/h2-3,6,9-11,14H,4-5,7-8H2,1H3. The third-order valence-corrected chi connectivity index (χ3v) is 5.82. The minimum Gasteiger partial charge on any atom is -0.474 e. The number of hydrogen-bond donors (Lipinski definition) is 0. The number of sulfonamides is 1. The lowest BCUT2D eigenvalue weighted by Crippen LogP contribution is -2.41. The fourth-order valence-electron chi connectivity index (χ4n) is 2.63. The van der Waals surface area contributed by atoms with E-state index >= 15 is 0 Å². The number of pyridine rings is 2. The smallest absolute Gasteiger partial charge is 0.244 e. The molecule has 1 aliphatic heterocycles. The van der Waals surface area contributed by atoms with Crippen LogP contribution in [0, 0.1) is 12.7 Å². The summed E-state index contributed by atoms with van der Waals surface area (Å²) in [5, 5.41) is 0. The van der Waals surface area contributed by atoms with E-state index in [2.05, 4.69) is 9.97 Å². The van der Waals surface area contributed by atoms with Crippen molar-refractivity contribution in [3.63, 3.8) is 0 Å². The van der Waals surface area contributed by atoms with Crippen molar-refractivity contribution in [2.24, 2.45) is 0 Å². The Morgan fingerprint density at radius 2 is 2.04 bits per heavy atom. The van der Waals surface area contributed by atoms with Crippen LogP contribution in [0.4, 0.5) is 4.39 Å². The first-order valence-corrected chi connectivity index (χ1v) is 9.10. The van der Waals surface area contributed by atoms with Gasteiger partial charge in [0.25, 0.3) is 0 Å². The molecule has 0 unspecified atom stereocenters. The number of aromatic nitrogens is 2. The van der Waals surface area contributed by atoms with Crippen molar-refractivity contribution < 1.29 is 17.5 Å². The molecule has 1 saturated heterocycles. The van der Waals surface area contributed by atoms with Gasteiger partial charge in [0.15, 0.2) is 0 Å². The molecule has 0 radical (unpaired) electrons. The number of hydrogen-bond acceptors (Lipinski definition) is 5. The van der Waals surface area contributed by atoms with Crippen molar-refractivity contribution in [1.82, 2.24) is 14.3 Å². The summed E-state index contributed by atoms with van der Waals surface area (Å²) in [4.78, 5) is 7.68. The largest absolute Gasteiger partial charge is 0.474 e. The van der Waals surface area contributed by atoms with Gasteiger partial charge >= 0.3 is 0 Å². The van der Waals surface area contributed by atoms with Gasteiger partial charge in [-0.1, -0.05) is 6.07 Å². The molecule has 2 aromatic rings. The molecule has 6 nitrogen and oxygen atoms in total. The number of nitrogens with zero attached hydrogens (tertiary/aromatic N) is 3. The van der Waals surface area contributed by atoms with Crippen LogP contribution in [0.2, 0.25) is 0 Å². The maximum Gasteiger partial charge on any atom is 0.244 e. The fraction of sp³-hybridized carbons (Fsp3) is 0.375. The van der Waals surface area contributed by atoms with Crippen LogP contribution < -0.4 is 4.74 Å². The summed E-state index contributed by atoms with van der Waals surface area (Å²) >= 11 is 0. The molecule has 0 atom stereocenters. The van der Waals surface area contributed by atoms with Crippen molar-refractivity contribution in [3.05, 3.63) is 48.2 Å². The highest BCUT2D eigenvalue weighted by molar-refractivity contribution is 7.89. The van der Waals surface area contributed by atoms with E-state index in [1.165, 1.54) is 4.31 Å². The first-order chi connectivity index (χ1) is 11.5. The predicted octanol–water partition coefficient (Wildman–Crippen LogP) is 2.16. The SMILES string of the molecule is Cc1cccnc1OC1CCN(S(=O)(=O)c2cncc(F)c2)CC1. The summed E-state index contributed by atoms with van der Waals surface area (Å²) in [5.74, 6) is -0.0898. The lowest BCUT2D eigenvalue weighted by atomic mass is 10.1. The maximum atomic E-state index is 13.2. The van der Waals surface area contributed by atoms with Crippen LogP contribution in [0.1, 0.15) is 18.4 Å². The van der Waals surface area contributed by atoms with Crippen LogP contribution in [0.3, 0.4) is 0 Å². The fourth-order valence-corrected chi connectivity index (χ4v) is 4.07. The highest BCUT2D eigenvalue weighted by Gasteiger charge is 2.30. The van der Waals surface area contributed by atoms with Gasteiger partial charge in [0.2, 0.25) is 15.9 Å². The average molecular weight is 351 g/mol. The Morgan fingerprint density at radius 3 is 2.71 bits per heavy atom. The van der Waals surface area contributed by atoms with Gasteiger partial charge in [-0.25, -0.2) is 17.8 Å². The van der Waals surface area contributed by atoms with Crippen molar-refractivity contribution in [2.45, 2.75) is 30.8 Å². The number of aryl methyl sites for hydroxylation is 1. The van der Waals surface area contributed by atoms with Crippen LogP contribution in [-0.4, -0.2) is 41.9 Å². The van der Waals surface area contributed by atoms with E-state index in [1.807, 2.05) is 19.1 Å². The van der Waals surface area contributed by atoms with Gasteiger partial charge in [-0.3, -0.25) is 4.98 Å². The Morgan fingerprint density at radius 1 is 1.29 bits per heavy atom. The molecular weight excluding hydrogens is 333 g/mol. The van der Waals surface area contributed by atoms with Crippen LogP contribution in [0.15, 0.2) is 41.7 Å². The minimum absolute atomic E-state index is 0.0873. The van der Waals surface area contributed by atoms with Crippen molar-refractivity contribution >= 4 is 10.0 Å². The van der Waals surface area contributed by atoms with Gasteiger partial charge in [0.05, 0.1) is 6.20 Å². The van der Waals surface area contributed by atoms with E-state index in [0.717, 1.165) is 24.0 Å². The van der Waals surface area contributed by atoms with Crippen molar-refractivity contribution in [1.29, 1.82) is 0 Å². The van der Waals surface area contributed by atoms with E-state index in [4.69, 9.17) is 4.74 Å². The summed E-state index contributed by atoms with van der Waals surface area (Å²) < 4.78 is 45.5. The molecule has 1 fully saturated rings. The maximum absolute atomic E-state index is 13.2. The zero-order valence-electron chi connectivity index (χ0n) is 13.2. The molecule has 2 aromatic heterocycles. The van der Waals surface area contributed by atoms with E-state index in [-0.39, 0.29) is 11.0 Å². The van der Waals surface area contributed by atoms with Crippen LogP contribution in [0.5, 0.6) is 5.88 Å². The molecule has 0 aromatic carbocycles. The van der Waals surface area contributed by atoms with E-state index in [0.29, 0.717) is 31.8 Å². The average Bonchev–Trinajstić information content (AvgIpc) is 2.57. The lowest BCUT2D eigenvalue weighted by molar-refractivity contribution is 0.129. The Kier molecular flexibility index (Phi) is 4.77. The highest BCUT2D eigenvalue weighted by atomic mass is 32.2. The zero-order valence-corrected chi connectivity index (χ0v) is 14.0. The van der Waals surface area contributed by atoms with Gasteiger partial charge in [-0.2, -0.15) is 4.31 Å². The monoisotopic (exact) mass is 351 g/mol. The van der Waals surface area contributed by atoms with Crippen molar-refractivity contribution in [3.8, 4) is 5.88 Å². The minimum atomic E-state index is -3.73. The molecule has 3 heterocycles. The summed E-state index contributed by atoms with van der Waals surface area (Å²) in [5.41, 5.74) is 0.943. The van der Waals surface area contributed by atoms with E-state index in [9.17, 15) is 12.8 Å². The summed E-state index contributed by atoms with van der Waals surface area (Å²) in [7, 11) is -3.73. The number of piperidine rings is 1. The van der Waals surface area contributed by atoms with Gasteiger partial charge in [-0.15, -0.1) is 0 Å². The Labute approximate surface area is 140 Å². The summed E-state index contributed by atoms with van der Waals surface area (Å²) in [6, 6.07) is 4.74. The van der Waals surface area contributed by atoms with Crippen molar-refractivity contribution in [2.75, 3.05) is 13.1 Å². The molecule has 128 valence electrons. The molecule has 0 aliphatic carbocycles. The second kappa shape index (κ2) is 6.82. The third-order valence-electron chi connectivity index (χ3n) is 3.96. The summed E-state index contributed by atoms with van der Waals surface area (Å²) in [6.07, 6.45) is 4.83. The molecule has 0 N–H and O–H groups in total. The molecule has 1 aliphatic rings. The molecule has 3 rings (SSSR count). The summed E-state index contributed by atoms with van der Waals surface area (Å²) in [6.45, 7) is 2.55. The molecular formula is C16H18FN3O3S. The van der Waals surface area contributed by atoms with Crippen LogP contribution >= 0.6 is 0 Å². The van der Waals surface area contributed by atoms with E-state index < -0.39 is 15.8 Å². The van der Waals surface area contributed by atoms with E-state index in [1.54, 1.807) is 6.20 Å². The number of rotatable bonds is 4.